The van der Waals surface area contributed by atoms with Crippen molar-refractivity contribution in [1.82, 2.24) is 10.2 Å². The van der Waals surface area contributed by atoms with Crippen LogP contribution in [0.4, 0.5) is 4.79 Å². The van der Waals surface area contributed by atoms with E-state index >= 15 is 0 Å². The molecular weight excluding hydrogens is 272 g/mol. The molecule has 20 heavy (non-hydrogen) atoms. The third-order valence-corrected chi connectivity index (χ3v) is 4.77. The molecule has 0 aromatic heterocycles. The van der Waals surface area contributed by atoms with Crippen LogP contribution >= 0.6 is 11.8 Å². The molecule has 1 heterocycles. The van der Waals surface area contributed by atoms with Crippen LogP contribution in [0.1, 0.15) is 24.9 Å². The first kappa shape index (κ1) is 15.2. The fourth-order valence-corrected chi connectivity index (χ4v) is 3.42. The normalized spacial score (nSPS) is 19.1. The van der Waals surface area contributed by atoms with E-state index in [4.69, 9.17) is 4.74 Å². The summed E-state index contributed by atoms with van der Waals surface area (Å²) in [6, 6.07) is 8.43. The summed E-state index contributed by atoms with van der Waals surface area (Å²) in [6.07, 6.45) is 0.972. The van der Waals surface area contributed by atoms with Crippen LogP contribution in [0.25, 0.3) is 0 Å². The number of hydrogen-bond acceptors (Lipinski definition) is 3. The number of carbonyl (C=O) groups is 1. The summed E-state index contributed by atoms with van der Waals surface area (Å²) in [6.45, 7) is 2.52. The van der Waals surface area contributed by atoms with Crippen molar-refractivity contribution in [2.75, 3.05) is 26.5 Å². The van der Waals surface area contributed by atoms with Gasteiger partial charge < -0.3 is 15.0 Å². The number of likely N-dealkylation sites (N-methyl/N-ethyl adjacent to an activating group) is 1. The molecule has 1 aromatic rings. The van der Waals surface area contributed by atoms with E-state index in [1.54, 1.807) is 12.0 Å². The fraction of sp³-hybridized carbons (Fsp3) is 0.533. The largest absolute Gasteiger partial charge is 0.383 e. The maximum Gasteiger partial charge on any atom is 0.317 e. The average molecular weight is 294 g/mol. The number of thioether (sulfide) groups is 1. The topological polar surface area (TPSA) is 41.6 Å². The van der Waals surface area contributed by atoms with Crippen LogP contribution in [0, 0.1) is 0 Å². The molecular formula is C15H22N2O2S. The van der Waals surface area contributed by atoms with E-state index in [-0.39, 0.29) is 18.1 Å². The van der Waals surface area contributed by atoms with E-state index in [0.717, 1.165) is 12.2 Å². The summed E-state index contributed by atoms with van der Waals surface area (Å²) in [5, 5.41) is 3.13. The van der Waals surface area contributed by atoms with Gasteiger partial charge >= 0.3 is 6.03 Å². The number of rotatable bonds is 4. The highest BCUT2D eigenvalue weighted by molar-refractivity contribution is 7.99. The van der Waals surface area contributed by atoms with E-state index in [2.05, 4.69) is 17.4 Å². The van der Waals surface area contributed by atoms with Crippen LogP contribution in [0.2, 0.25) is 0 Å². The second-order valence-electron chi connectivity index (χ2n) is 5.09. The van der Waals surface area contributed by atoms with Crippen molar-refractivity contribution in [2.45, 2.75) is 30.3 Å². The minimum absolute atomic E-state index is 0.0405. The standard InChI is InChI=1S/C15H22N2O2S/c1-11(10-19-3)17(2)15(18)16-13-8-9-20-14-7-5-4-6-12(13)14/h4-7,11,13H,8-10H2,1-3H3,(H,16,18)/t11-,13+/m0/s1. The molecule has 0 bridgehead atoms. The molecule has 2 rings (SSSR count). The highest BCUT2D eigenvalue weighted by atomic mass is 32.2. The Morgan fingerprint density at radius 2 is 2.30 bits per heavy atom. The molecule has 1 aromatic carbocycles. The molecule has 0 saturated carbocycles. The molecule has 0 unspecified atom stereocenters. The Morgan fingerprint density at radius 1 is 1.55 bits per heavy atom. The van der Waals surface area contributed by atoms with Gasteiger partial charge in [0.1, 0.15) is 0 Å². The minimum atomic E-state index is -0.0405. The lowest BCUT2D eigenvalue weighted by Gasteiger charge is -2.30. The molecule has 0 radical (unpaired) electrons. The highest BCUT2D eigenvalue weighted by Crippen LogP contribution is 2.35. The smallest absolute Gasteiger partial charge is 0.317 e. The van der Waals surface area contributed by atoms with Crippen LogP contribution < -0.4 is 5.32 Å². The van der Waals surface area contributed by atoms with Gasteiger partial charge in [0.15, 0.2) is 0 Å². The molecule has 0 saturated heterocycles. The highest BCUT2D eigenvalue weighted by Gasteiger charge is 2.24. The molecule has 1 N–H and O–H groups in total. The lowest BCUT2D eigenvalue weighted by Crippen LogP contribution is -2.45. The van der Waals surface area contributed by atoms with Gasteiger partial charge in [-0.05, 0) is 25.0 Å². The molecule has 0 aliphatic carbocycles. The molecule has 2 amide bonds. The van der Waals surface area contributed by atoms with Gasteiger partial charge in [-0.25, -0.2) is 4.79 Å². The Labute approximate surface area is 124 Å². The monoisotopic (exact) mass is 294 g/mol. The molecule has 5 heteroatoms. The van der Waals surface area contributed by atoms with Crippen LogP contribution in [0.15, 0.2) is 29.2 Å². The Kier molecular flexibility index (Phi) is 5.31. The van der Waals surface area contributed by atoms with Crippen LogP contribution in [0.3, 0.4) is 0 Å². The number of ether oxygens (including phenoxy) is 1. The third-order valence-electron chi connectivity index (χ3n) is 3.65. The zero-order valence-corrected chi connectivity index (χ0v) is 13.1. The zero-order chi connectivity index (χ0) is 14.5. The number of fused-ring (bicyclic) bond motifs is 1. The number of amides is 2. The van der Waals surface area contributed by atoms with Crippen molar-refractivity contribution in [3.05, 3.63) is 29.8 Å². The quantitative estimate of drug-likeness (QED) is 0.928. The van der Waals surface area contributed by atoms with E-state index in [0.29, 0.717) is 6.61 Å². The Hall–Kier alpha value is -1.20. The Balaban J connectivity index is 2.02. The Morgan fingerprint density at radius 3 is 3.05 bits per heavy atom. The summed E-state index contributed by atoms with van der Waals surface area (Å²) < 4.78 is 5.10. The van der Waals surface area contributed by atoms with Gasteiger partial charge in [-0.2, -0.15) is 0 Å². The van der Waals surface area contributed by atoms with Crippen molar-refractivity contribution in [1.29, 1.82) is 0 Å². The second kappa shape index (κ2) is 6.99. The van der Waals surface area contributed by atoms with Gasteiger partial charge in [0.2, 0.25) is 0 Å². The van der Waals surface area contributed by atoms with Gasteiger partial charge in [-0.15, -0.1) is 11.8 Å². The van der Waals surface area contributed by atoms with Gasteiger partial charge in [0.25, 0.3) is 0 Å². The predicted octanol–water partition coefficient (Wildman–Crippen LogP) is 2.90. The van der Waals surface area contributed by atoms with Crippen molar-refractivity contribution < 1.29 is 9.53 Å². The maximum atomic E-state index is 12.3. The molecule has 4 nitrogen and oxygen atoms in total. The summed E-state index contributed by atoms with van der Waals surface area (Å²) in [4.78, 5) is 15.3. The molecule has 1 aliphatic heterocycles. The van der Waals surface area contributed by atoms with Crippen molar-refractivity contribution >= 4 is 17.8 Å². The molecule has 1 aliphatic rings. The third kappa shape index (κ3) is 3.46. The SMILES string of the molecule is COC[C@H](C)N(C)C(=O)N[C@@H]1CCSc2ccccc21. The Bertz CT molecular complexity index is 467. The maximum absolute atomic E-state index is 12.3. The second-order valence-corrected chi connectivity index (χ2v) is 6.23. The van der Waals surface area contributed by atoms with Crippen LogP contribution in [0.5, 0.6) is 0 Å². The number of nitrogens with zero attached hydrogens (tertiary/aromatic N) is 1. The first-order chi connectivity index (χ1) is 9.63. The number of carbonyl (C=O) groups excluding carboxylic acids is 1. The van der Waals surface area contributed by atoms with Crippen molar-refractivity contribution in [2.24, 2.45) is 0 Å². The lowest BCUT2D eigenvalue weighted by atomic mass is 10.0. The summed E-state index contributed by atoms with van der Waals surface area (Å²) in [5.74, 6) is 1.04. The zero-order valence-electron chi connectivity index (χ0n) is 12.3. The van der Waals surface area contributed by atoms with Gasteiger partial charge in [0.05, 0.1) is 18.7 Å². The summed E-state index contributed by atoms with van der Waals surface area (Å²) in [5.41, 5.74) is 1.23. The van der Waals surface area contributed by atoms with Gasteiger partial charge in [-0.3, -0.25) is 0 Å². The number of hydrogen-bond donors (Lipinski definition) is 1. The number of urea groups is 1. The van der Waals surface area contributed by atoms with E-state index < -0.39 is 0 Å². The minimum Gasteiger partial charge on any atom is -0.383 e. The van der Waals surface area contributed by atoms with E-state index in [9.17, 15) is 4.79 Å². The van der Waals surface area contributed by atoms with E-state index in [1.807, 2.05) is 37.9 Å². The van der Waals surface area contributed by atoms with Gasteiger partial charge in [0, 0.05) is 24.8 Å². The lowest BCUT2D eigenvalue weighted by molar-refractivity contribution is 0.122. The first-order valence-electron chi connectivity index (χ1n) is 6.87. The molecule has 110 valence electrons. The van der Waals surface area contributed by atoms with E-state index in [1.165, 1.54) is 10.5 Å². The molecule has 0 spiro atoms. The van der Waals surface area contributed by atoms with Crippen molar-refractivity contribution in [3.63, 3.8) is 0 Å². The average Bonchev–Trinajstić information content (AvgIpc) is 2.47. The summed E-state index contributed by atoms with van der Waals surface area (Å²) >= 11 is 1.86. The van der Waals surface area contributed by atoms with Gasteiger partial charge in [-0.1, -0.05) is 18.2 Å². The van der Waals surface area contributed by atoms with Crippen LogP contribution in [-0.2, 0) is 4.74 Å². The fourth-order valence-electron chi connectivity index (χ4n) is 2.30. The first-order valence-corrected chi connectivity index (χ1v) is 7.86. The number of benzene rings is 1. The molecule has 2 atom stereocenters. The predicted molar refractivity (Wildman–Crippen MR) is 82.2 cm³/mol. The number of nitrogens with one attached hydrogen (secondary N) is 1. The summed E-state index contributed by atoms with van der Waals surface area (Å²) in [7, 11) is 3.46. The van der Waals surface area contributed by atoms with Crippen LogP contribution in [-0.4, -0.2) is 43.5 Å². The number of methoxy groups -OCH3 is 1. The van der Waals surface area contributed by atoms with Crippen molar-refractivity contribution in [3.8, 4) is 0 Å². The molecule has 0 fully saturated rings.